The van der Waals surface area contributed by atoms with Crippen LogP contribution in [0.1, 0.15) is 57.3 Å². The molecule has 1 N–H and O–H groups in total. The van der Waals surface area contributed by atoms with Gasteiger partial charge < -0.3 is 14.0 Å². The Kier molecular flexibility index (Phi) is 5.10. The standard InChI is InChI=1S/C29H32N2O4S/c1-28-12-16-14-30-35-25(16)11-17(28)7-8-18-19-9-10-20(29(19,2)13-22(32)26(18)28)23(33)15-36-27-31-21-5-3-4-6-24(21)34-27/h3-6,11,14,18-20,22,26,32H,7-10,12-13,15H2,1-2H3/t18?,19?,20-,22+,26?,28+,29+/m1/s1. The summed E-state index contributed by atoms with van der Waals surface area (Å²) >= 11 is 1.40. The van der Waals surface area contributed by atoms with E-state index >= 15 is 0 Å². The number of para-hydroxylation sites is 2. The highest BCUT2D eigenvalue weighted by Crippen LogP contribution is 2.66. The van der Waals surface area contributed by atoms with Crippen LogP contribution in [0.15, 0.2) is 50.2 Å². The number of Topliss-reactive ketones (excluding diaryl/α,β-unsaturated/α-hetero) is 1. The molecule has 2 aromatic heterocycles. The van der Waals surface area contributed by atoms with Crippen molar-refractivity contribution in [3.05, 3.63) is 47.4 Å². The Morgan fingerprint density at radius 1 is 1.22 bits per heavy atom. The minimum absolute atomic E-state index is 0.0178. The van der Waals surface area contributed by atoms with Gasteiger partial charge in [-0.1, -0.05) is 48.5 Å². The van der Waals surface area contributed by atoms with Crippen molar-refractivity contribution in [3.8, 4) is 0 Å². The summed E-state index contributed by atoms with van der Waals surface area (Å²) in [6.45, 7) is 4.62. The fourth-order valence-corrected chi connectivity index (χ4v) is 9.47. The summed E-state index contributed by atoms with van der Waals surface area (Å²) in [6.07, 6.45) is 9.29. The molecule has 3 aromatic rings. The second-order valence-electron chi connectivity index (χ2n) is 11.9. The van der Waals surface area contributed by atoms with Crippen molar-refractivity contribution in [3.63, 3.8) is 0 Å². The molecule has 7 heteroatoms. The van der Waals surface area contributed by atoms with E-state index in [1.54, 1.807) is 0 Å². The van der Waals surface area contributed by atoms with Gasteiger partial charge in [0.25, 0.3) is 5.22 Å². The quantitative estimate of drug-likeness (QED) is 0.439. The van der Waals surface area contributed by atoms with Crippen LogP contribution in [0.2, 0.25) is 0 Å². The molecule has 7 atom stereocenters. The molecule has 0 radical (unpaired) electrons. The summed E-state index contributed by atoms with van der Waals surface area (Å²) in [4.78, 5) is 18.1. The first-order valence-corrected chi connectivity index (χ1v) is 14.2. The third-order valence-corrected chi connectivity index (χ3v) is 11.1. The molecular weight excluding hydrogens is 472 g/mol. The number of hydrogen-bond acceptors (Lipinski definition) is 7. The lowest BCUT2D eigenvalue weighted by Gasteiger charge is -2.59. The largest absolute Gasteiger partial charge is 0.431 e. The van der Waals surface area contributed by atoms with E-state index in [0.717, 1.165) is 54.5 Å². The highest BCUT2D eigenvalue weighted by molar-refractivity contribution is 7.99. The van der Waals surface area contributed by atoms with E-state index in [0.29, 0.717) is 29.2 Å². The zero-order chi connectivity index (χ0) is 24.7. The third-order valence-electron chi connectivity index (χ3n) is 10.2. The van der Waals surface area contributed by atoms with Crippen LogP contribution in [0.3, 0.4) is 0 Å². The summed E-state index contributed by atoms with van der Waals surface area (Å²) in [5.74, 6) is 2.62. The topological polar surface area (TPSA) is 89.4 Å². The van der Waals surface area contributed by atoms with Gasteiger partial charge in [-0.15, -0.1) is 0 Å². The van der Waals surface area contributed by atoms with Crippen molar-refractivity contribution in [2.45, 2.75) is 63.7 Å². The van der Waals surface area contributed by atoms with Gasteiger partial charge in [-0.3, -0.25) is 4.79 Å². The summed E-state index contributed by atoms with van der Waals surface area (Å²) in [6, 6.07) is 7.69. The molecule has 36 heavy (non-hydrogen) atoms. The first-order valence-electron chi connectivity index (χ1n) is 13.2. The zero-order valence-electron chi connectivity index (χ0n) is 20.8. The number of carbonyl (C=O) groups is 1. The maximum Gasteiger partial charge on any atom is 0.257 e. The third kappa shape index (κ3) is 3.24. The monoisotopic (exact) mass is 504 g/mol. The number of rotatable bonds is 4. The van der Waals surface area contributed by atoms with Gasteiger partial charge in [-0.25, -0.2) is 4.98 Å². The summed E-state index contributed by atoms with van der Waals surface area (Å²) in [5.41, 5.74) is 3.89. The van der Waals surface area contributed by atoms with Gasteiger partial charge >= 0.3 is 0 Å². The normalized spacial score (nSPS) is 37.1. The minimum atomic E-state index is -0.413. The first kappa shape index (κ1) is 22.8. The van der Waals surface area contributed by atoms with Gasteiger partial charge in [0.05, 0.1) is 18.1 Å². The van der Waals surface area contributed by atoms with Crippen LogP contribution in [-0.4, -0.2) is 32.9 Å². The van der Waals surface area contributed by atoms with Crippen molar-refractivity contribution in [1.29, 1.82) is 0 Å². The highest BCUT2D eigenvalue weighted by atomic mass is 32.2. The maximum atomic E-state index is 13.6. The van der Waals surface area contributed by atoms with Gasteiger partial charge in [0.15, 0.2) is 11.3 Å². The SMILES string of the molecule is C[C@]12Cc3cnoc3C=C1CCC1C2[C@@H](O)C[C@@]2(C)C1CC[C@@H]2C(=O)CSc1nc2ccccc2o1. The molecule has 0 saturated heterocycles. The number of aliphatic hydroxyl groups is 1. The molecule has 188 valence electrons. The molecule has 4 aliphatic carbocycles. The lowest BCUT2D eigenvalue weighted by molar-refractivity contribution is -0.140. The maximum absolute atomic E-state index is 13.6. The minimum Gasteiger partial charge on any atom is -0.431 e. The Bertz CT molecular complexity index is 1340. The van der Waals surface area contributed by atoms with Crippen LogP contribution in [0.5, 0.6) is 0 Å². The fraction of sp³-hybridized carbons (Fsp3) is 0.552. The number of carbonyl (C=O) groups excluding carboxylic acids is 1. The first-order chi connectivity index (χ1) is 17.4. The van der Waals surface area contributed by atoms with Crippen LogP contribution < -0.4 is 0 Å². The number of benzene rings is 1. The Morgan fingerprint density at radius 3 is 2.94 bits per heavy atom. The second-order valence-corrected chi connectivity index (χ2v) is 12.9. The smallest absolute Gasteiger partial charge is 0.257 e. The Morgan fingerprint density at radius 2 is 2.08 bits per heavy atom. The van der Waals surface area contributed by atoms with Crippen LogP contribution >= 0.6 is 11.8 Å². The predicted octanol–water partition coefficient (Wildman–Crippen LogP) is 5.95. The molecule has 2 heterocycles. The van der Waals surface area contributed by atoms with Crippen molar-refractivity contribution >= 4 is 34.7 Å². The molecule has 3 fully saturated rings. The molecule has 7 rings (SSSR count). The lowest BCUT2D eigenvalue weighted by atomic mass is 9.46. The van der Waals surface area contributed by atoms with E-state index in [-0.39, 0.29) is 28.4 Å². The Balaban J connectivity index is 1.11. The van der Waals surface area contributed by atoms with Crippen molar-refractivity contribution in [2.75, 3.05) is 5.75 Å². The molecular formula is C29H32N2O4S. The summed E-state index contributed by atoms with van der Waals surface area (Å²) in [7, 11) is 0. The van der Waals surface area contributed by atoms with Crippen LogP contribution in [0.4, 0.5) is 0 Å². The van der Waals surface area contributed by atoms with E-state index in [2.05, 4.69) is 30.1 Å². The van der Waals surface area contributed by atoms with E-state index in [1.165, 1.54) is 17.3 Å². The van der Waals surface area contributed by atoms with Crippen molar-refractivity contribution in [1.82, 2.24) is 10.1 Å². The summed E-state index contributed by atoms with van der Waals surface area (Å²) < 4.78 is 11.3. The van der Waals surface area contributed by atoms with Crippen LogP contribution in [-0.2, 0) is 11.2 Å². The molecule has 0 bridgehead atoms. The van der Waals surface area contributed by atoms with Crippen LogP contribution in [0.25, 0.3) is 17.2 Å². The average Bonchev–Trinajstić information content (AvgIpc) is 3.56. The number of aliphatic hydroxyl groups excluding tert-OH is 1. The number of hydrogen-bond donors (Lipinski definition) is 1. The van der Waals surface area contributed by atoms with E-state index in [9.17, 15) is 9.90 Å². The lowest BCUT2D eigenvalue weighted by Crippen LogP contribution is -2.57. The number of thioether (sulfide) groups is 1. The highest BCUT2D eigenvalue weighted by Gasteiger charge is 2.63. The number of allylic oxidation sites excluding steroid dienone is 1. The Labute approximate surface area is 214 Å². The summed E-state index contributed by atoms with van der Waals surface area (Å²) in [5, 5.41) is 16.3. The molecule has 4 aliphatic rings. The molecule has 6 nitrogen and oxygen atoms in total. The number of aromatic nitrogens is 2. The number of ketones is 1. The van der Waals surface area contributed by atoms with Gasteiger partial charge in [0.2, 0.25) is 0 Å². The fourth-order valence-electron chi connectivity index (χ4n) is 8.69. The average molecular weight is 505 g/mol. The van der Waals surface area contributed by atoms with Gasteiger partial charge in [0.1, 0.15) is 11.3 Å². The number of fused-ring (bicyclic) bond motifs is 7. The predicted molar refractivity (Wildman–Crippen MR) is 137 cm³/mol. The van der Waals surface area contributed by atoms with Crippen LogP contribution in [0, 0.1) is 34.5 Å². The molecule has 3 unspecified atom stereocenters. The van der Waals surface area contributed by atoms with E-state index < -0.39 is 6.10 Å². The molecule has 0 aliphatic heterocycles. The Hall–Kier alpha value is -2.38. The second kappa shape index (κ2) is 8.06. The molecule has 3 saturated carbocycles. The molecule has 0 spiro atoms. The van der Waals surface area contributed by atoms with E-state index in [1.807, 2.05) is 30.5 Å². The molecule has 1 aromatic carbocycles. The van der Waals surface area contributed by atoms with Gasteiger partial charge in [0, 0.05) is 11.5 Å². The van der Waals surface area contributed by atoms with Gasteiger partial charge in [-0.2, -0.15) is 0 Å². The molecule has 0 amide bonds. The van der Waals surface area contributed by atoms with Crippen molar-refractivity contribution in [2.24, 2.45) is 34.5 Å². The van der Waals surface area contributed by atoms with E-state index in [4.69, 9.17) is 8.94 Å². The van der Waals surface area contributed by atoms with Gasteiger partial charge in [-0.05, 0) is 85.3 Å². The zero-order valence-corrected chi connectivity index (χ0v) is 21.6. The number of nitrogens with zero attached hydrogens (tertiary/aromatic N) is 2. The van der Waals surface area contributed by atoms with Crippen molar-refractivity contribution < 1.29 is 18.8 Å². The number of oxazole rings is 1.